The Labute approximate surface area is 54.3 Å². The minimum atomic E-state index is 0.756. The van der Waals surface area contributed by atoms with E-state index in [4.69, 9.17) is 0 Å². The Bertz CT molecular complexity index is 189. The van der Waals surface area contributed by atoms with Gasteiger partial charge in [-0.2, -0.15) is 0 Å². The average Bonchev–Trinajstić information content (AvgIpc) is 1.91. The SMILES string of the molecule is [O]C=Cc1[c]cccc1. The minimum Gasteiger partial charge on any atom is -0.299 e. The molecule has 0 heterocycles. The van der Waals surface area contributed by atoms with Crippen molar-refractivity contribution in [2.75, 3.05) is 0 Å². The van der Waals surface area contributed by atoms with Crippen molar-refractivity contribution >= 4 is 6.08 Å². The summed E-state index contributed by atoms with van der Waals surface area (Å²) in [7, 11) is 0. The fourth-order valence-corrected chi connectivity index (χ4v) is 0.584. The molecular weight excluding hydrogens is 112 g/mol. The second kappa shape index (κ2) is 2.92. The van der Waals surface area contributed by atoms with E-state index in [1.54, 1.807) is 6.07 Å². The van der Waals surface area contributed by atoms with Gasteiger partial charge in [0.25, 0.3) is 0 Å². The predicted molar refractivity (Wildman–Crippen MR) is 35.0 cm³/mol. The van der Waals surface area contributed by atoms with Crippen molar-refractivity contribution in [3.8, 4) is 0 Å². The standard InChI is InChI=1S/C8H6O/c9-7-6-8-4-2-1-3-5-8/h1-4,6-7H. The molecule has 0 saturated carbocycles. The summed E-state index contributed by atoms with van der Waals surface area (Å²) >= 11 is 0. The smallest absolute Gasteiger partial charge is 0.143 e. The molecule has 44 valence electrons. The zero-order valence-corrected chi connectivity index (χ0v) is 4.87. The van der Waals surface area contributed by atoms with Gasteiger partial charge in [-0.15, -0.1) is 0 Å². The van der Waals surface area contributed by atoms with Crippen molar-refractivity contribution in [2.24, 2.45) is 0 Å². The fraction of sp³-hybridized carbons (Fsp3) is 0. The van der Waals surface area contributed by atoms with Crippen LogP contribution in [0.2, 0.25) is 0 Å². The molecule has 2 radical (unpaired) electrons. The van der Waals surface area contributed by atoms with Crippen LogP contribution in [0.15, 0.2) is 30.5 Å². The van der Waals surface area contributed by atoms with Crippen LogP contribution in [-0.2, 0) is 5.11 Å². The van der Waals surface area contributed by atoms with Crippen molar-refractivity contribution in [1.82, 2.24) is 0 Å². The first-order valence-corrected chi connectivity index (χ1v) is 2.69. The van der Waals surface area contributed by atoms with Gasteiger partial charge < -0.3 is 0 Å². The molecule has 0 fully saturated rings. The van der Waals surface area contributed by atoms with Crippen LogP contribution in [0.5, 0.6) is 0 Å². The van der Waals surface area contributed by atoms with Crippen molar-refractivity contribution in [1.29, 1.82) is 0 Å². The minimum absolute atomic E-state index is 0.756. The first-order chi connectivity index (χ1) is 4.43. The van der Waals surface area contributed by atoms with Crippen molar-refractivity contribution in [2.45, 2.75) is 0 Å². The predicted octanol–water partition coefficient (Wildman–Crippen LogP) is 1.89. The lowest BCUT2D eigenvalue weighted by Gasteiger charge is -1.84. The van der Waals surface area contributed by atoms with Gasteiger partial charge in [-0.1, -0.05) is 24.3 Å². The van der Waals surface area contributed by atoms with Crippen LogP contribution in [0.3, 0.4) is 0 Å². The molecule has 9 heavy (non-hydrogen) atoms. The summed E-state index contributed by atoms with van der Waals surface area (Å²) in [6.45, 7) is 0. The maximum atomic E-state index is 9.90. The van der Waals surface area contributed by atoms with Gasteiger partial charge in [-0.05, 0) is 17.7 Å². The highest BCUT2D eigenvalue weighted by atomic mass is 16.2. The third-order valence-corrected chi connectivity index (χ3v) is 0.981. The highest BCUT2D eigenvalue weighted by Gasteiger charge is 1.80. The molecule has 0 unspecified atom stereocenters. The summed E-state index contributed by atoms with van der Waals surface area (Å²) in [4.78, 5) is 0. The lowest BCUT2D eigenvalue weighted by atomic mass is 10.2. The Morgan fingerprint density at radius 2 is 2.33 bits per heavy atom. The fourth-order valence-electron chi connectivity index (χ4n) is 0.584. The lowest BCUT2D eigenvalue weighted by molar-refractivity contribution is 0.355. The Hall–Kier alpha value is -1.24. The summed E-state index contributed by atoms with van der Waals surface area (Å²) < 4.78 is 0. The topological polar surface area (TPSA) is 19.9 Å². The third-order valence-electron chi connectivity index (χ3n) is 0.981. The molecule has 0 saturated heterocycles. The van der Waals surface area contributed by atoms with E-state index in [9.17, 15) is 5.11 Å². The highest BCUT2D eigenvalue weighted by Crippen LogP contribution is 1.98. The van der Waals surface area contributed by atoms with Crippen LogP contribution < -0.4 is 0 Å². The van der Waals surface area contributed by atoms with E-state index in [2.05, 4.69) is 6.07 Å². The molecule has 0 atom stereocenters. The monoisotopic (exact) mass is 118 g/mol. The van der Waals surface area contributed by atoms with Gasteiger partial charge in [-0.25, -0.2) is 0 Å². The molecule has 1 aromatic carbocycles. The largest absolute Gasteiger partial charge is 0.299 e. The highest BCUT2D eigenvalue weighted by molar-refractivity contribution is 5.46. The van der Waals surface area contributed by atoms with Gasteiger partial charge in [0.1, 0.15) is 6.26 Å². The molecule has 1 aromatic rings. The molecule has 1 heteroatoms. The summed E-state index contributed by atoms with van der Waals surface area (Å²) in [5, 5.41) is 9.90. The van der Waals surface area contributed by atoms with Crippen LogP contribution in [0.25, 0.3) is 6.08 Å². The molecule has 0 aliphatic carbocycles. The second-order valence-electron chi connectivity index (χ2n) is 1.62. The van der Waals surface area contributed by atoms with Crippen LogP contribution in [0.4, 0.5) is 0 Å². The van der Waals surface area contributed by atoms with Crippen LogP contribution in [0, 0.1) is 6.07 Å². The number of hydrogen-bond donors (Lipinski definition) is 0. The Morgan fingerprint density at radius 3 is 2.89 bits per heavy atom. The molecule has 1 nitrogen and oxygen atoms in total. The summed E-state index contributed by atoms with van der Waals surface area (Å²) in [6, 6.07) is 10.2. The van der Waals surface area contributed by atoms with E-state index < -0.39 is 0 Å². The quantitative estimate of drug-likeness (QED) is 0.502. The molecule has 0 aromatic heterocycles. The van der Waals surface area contributed by atoms with E-state index in [0.717, 1.165) is 11.8 Å². The molecule has 1 rings (SSSR count). The van der Waals surface area contributed by atoms with E-state index >= 15 is 0 Å². The molecule has 0 aliphatic heterocycles. The number of hydrogen-bond acceptors (Lipinski definition) is 0. The maximum Gasteiger partial charge on any atom is 0.143 e. The van der Waals surface area contributed by atoms with Gasteiger partial charge in [-0.3, -0.25) is 5.11 Å². The van der Waals surface area contributed by atoms with E-state index in [-0.39, 0.29) is 0 Å². The van der Waals surface area contributed by atoms with Crippen LogP contribution >= 0.6 is 0 Å². The van der Waals surface area contributed by atoms with Gasteiger partial charge in [0, 0.05) is 0 Å². The van der Waals surface area contributed by atoms with Crippen LogP contribution in [0.1, 0.15) is 5.56 Å². The zero-order valence-electron chi connectivity index (χ0n) is 4.87. The van der Waals surface area contributed by atoms with Gasteiger partial charge >= 0.3 is 0 Å². The van der Waals surface area contributed by atoms with E-state index in [0.29, 0.717) is 0 Å². The Kier molecular flexibility index (Phi) is 1.91. The van der Waals surface area contributed by atoms with Gasteiger partial charge in [0.15, 0.2) is 0 Å². The van der Waals surface area contributed by atoms with Crippen molar-refractivity contribution in [3.63, 3.8) is 0 Å². The molecular formula is C8H6O. The summed E-state index contributed by atoms with van der Waals surface area (Å²) in [6.07, 6.45) is 2.23. The number of rotatable bonds is 1. The Balaban J connectivity index is 2.85. The first-order valence-electron chi connectivity index (χ1n) is 2.69. The second-order valence-corrected chi connectivity index (χ2v) is 1.62. The molecule has 0 aliphatic rings. The summed E-state index contributed by atoms with van der Waals surface area (Å²) in [5.41, 5.74) is 0.826. The van der Waals surface area contributed by atoms with Crippen molar-refractivity contribution in [3.05, 3.63) is 42.2 Å². The third kappa shape index (κ3) is 1.61. The molecule has 0 amide bonds. The zero-order chi connectivity index (χ0) is 6.53. The normalized spacial score (nSPS) is 10.2. The first kappa shape index (κ1) is 5.89. The van der Waals surface area contributed by atoms with Crippen molar-refractivity contribution < 1.29 is 5.11 Å². The lowest BCUT2D eigenvalue weighted by Crippen LogP contribution is -1.66. The van der Waals surface area contributed by atoms with E-state index in [1.807, 2.05) is 18.2 Å². The van der Waals surface area contributed by atoms with Gasteiger partial charge in [0.2, 0.25) is 0 Å². The van der Waals surface area contributed by atoms with E-state index in [1.165, 1.54) is 6.08 Å². The number of benzene rings is 1. The molecule has 0 N–H and O–H groups in total. The summed E-state index contributed by atoms with van der Waals surface area (Å²) in [5.74, 6) is 0. The van der Waals surface area contributed by atoms with Crippen LogP contribution in [-0.4, -0.2) is 0 Å². The average molecular weight is 118 g/mol. The molecule has 0 bridgehead atoms. The molecule has 0 spiro atoms. The Morgan fingerprint density at radius 1 is 1.44 bits per heavy atom. The van der Waals surface area contributed by atoms with Gasteiger partial charge in [0.05, 0.1) is 0 Å². The maximum absolute atomic E-state index is 9.90.